The summed E-state index contributed by atoms with van der Waals surface area (Å²) < 4.78 is 11.2. The molecule has 3 aromatic carbocycles. The van der Waals surface area contributed by atoms with E-state index in [0.29, 0.717) is 17.4 Å². The van der Waals surface area contributed by atoms with E-state index < -0.39 is 5.97 Å². The lowest BCUT2D eigenvalue weighted by atomic mass is 9.99. The average Bonchev–Trinajstić information content (AvgIpc) is 2.66. The predicted molar refractivity (Wildman–Crippen MR) is 105 cm³/mol. The molecule has 0 N–H and O–H groups in total. The van der Waals surface area contributed by atoms with Crippen LogP contribution < -0.4 is 9.47 Å². The Bertz CT molecular complexity index is 914. The van der Waals surface area contributed by atoms with Crippen LogP contribution in [0.2, 0.25) is 0 Å². The molecule has 3 nitrogen and oxygen atoms in total. The van der Waals surface area contributed by atoms with Crippen molar-refractivity contribution < 1.29 is 14.3 Å². The van der Waals surface area contributed by atoms with Crippen LogP contribution in [0.4, 0.5) is 0 Å². The molecule has 134 valence electrons. The summed E-state index contributed by atoms with van der Waals surface area (Å²) in [5, 5.41) is 2.12. The summed E-state index contributed by atoms with van der Waals surface area (Å²) in [7, 11) is 0. The molecule has 0 saturated heterocycles. The van der Waals surface area contributed by atoms with Crippen molar-refractivity contribution >= 4 is 16.7 Å². The number of aryl methyl sites for hydroxylation is 1. The van der Waals surface area contributed by atoms with E-state index in [1.165, 1.54) is 11.1 Å². The number of carbonyl (C=O) groups is 1. The SMILES string of the molecule is CCC(C)c1cccc(OC(=O)COc2cccc3c(C)cccc23)c1. The summed E-state index contributed by atoms with van der Waals surface area (Å²) in [6.07, 6.45) is 1.04. The third-order valence-corrected chi connectivity index (χ3v) is 4.72. The Morgan fingerprint density at radius 2 is 1.73 bits per heavy atom. The van der Waals surface area contributed by atoms with Crippen LogP contribution in [0, 0.1) is 6.92 Å². The first kappa shape index (κ1) is 18.0. The van der Waals surface area contributed by atoms with Crippen LogP contribution in [0.3, 0.4) is 0 Å². The van der Waals surface area contributed by atoms with Crippen LogP contribution in [0.15, 0.2) is 60.7 Å². The fourth-order valence-electron chi connectivity index (χ4n) is 2.98. The topological polar surface area (TPSA) is 35.5 Å². The maximum atomic E-state index is 12.2. The molecule has 0 heterocycles. The Morgan fingerprint density at radius 1 is 1.00 bits per heavy atom. The first-order valence-electron chi connectivity index (χ1n) is 9.00. The normalized spacial score (nSPS) is 12.0. The summed E-state index contributed by atoms with van der Waals surface area (Å²) in [4.78, 5) is 12.2. The average molecular weight is 348 g/mol. The molecule has 0 saturated carbocycles. The number of ether oxygens (including phenoxy) is 2. The van der Waals surface area contributed by atoms with E-state index in [2.05, 4.69) is 39.0 Å². The minimum atomic E-state index is -0.407. The summed E-state index contributed by atoms with van der Waals surface area (Å²) in [6.45, 7) is 6.24. The molecule has 0 radical (unpaired) electrons. The van der Waals surface area contributed by atoms with Crippen molar-refractivity contribution in [2.45, 2.75) is 33.1 Å². The van der Waals surface area contributed by atoms with Gasteiger partial charge in [0.05, 0.1) is 0 Å². The summed E-state index contributed by atoms with van der Waals surface area (Å²) in [6, 6.07) is 19.6. The molecule has 0 spiro atoms. The molecule has 1 atom stereocenters. The van der Waals surface area contributed by atoms with Gasteiger partial charge < -0.3 is 9.47 Å². The summed E-state index contributed by atoms with van der Waals surface area (Å²) in [5.41, 5.74) is 2.35. The van der Waals surface area contributed by atoms with Crippen LogP contribution in [0.5, 0.6) is 11.5 Å². The lowest BCUT2D eigenvalue weighted by Crippen LogP contribution is -2.17. The molecule has 0 aliphatic rings. The number of hydrogen-bond acceptors (Lipinski definition) is 3. The van der Waals surface area contributed by atoms with Crippen molar-refractivity contribution in [3.63, 3.8) is 0 Å². The van der Waals surface area contributed by atoms with Crippen LogP contribution in [-0.4, -0.2) is 12.6 Å². The van der Waals surface area contributed by atoms with Gasteiger partial charge in [-0.05, 0) is 54.0 Å². The molecular weight excluding hydrogens is 324 g/mol. The van der Waals surface area contributed by atoms with Crippen molar-refractivity contribution in [1.82, 2.24) is 0 Å². The molecule has 3 aromatic rings. The van der Waals surface area contributed by atoms with Gasteiger partial charge in [0.2, 0.25) is 0 Å². The number of fused-ring (bicyclic) bond motifs is 1. The Kier molecular flexibility index (Phi) is 5.57. The van der Waals surface area contributed by atoms with Gasteiger partial charge in [-0.3, -0.25) is 0 Å². The van der Waals surface area contributed by atoms with Gasteiger partial charge in [0.15, 0.2) is 6.61 Å². The van der Waals surface area contributed by atoms with Crippen LogP contribution in [0.25, 0.3) is 10.8 Å². The number of benzene rings is 3. The number of hydrogen-bond donors (Lipinski definition) is 0. The van der Waals surface area contributed by atoms with E-state index in [1.54, 1.807) is 6.07 Å². The van der Waals surface area contributed by atoms with Gasteiger partial charge in [-0.1, -0.05) is 56.3 Å². The van der Waals surface area contributed by atoms with Gasteiger partial charge in [-0.25, -0.2) is 4.79 Å². The first-order chi connectivity index (χ1) is 12.6. The molecule has 0 amide bonds. The van der Waals surface area contributed by atoms with Crippen molar-refractivity contribution in [2.75, 3.05) is 6.61 Å². The Balaban J connectivity index is 1.68. The van der Waals surface area contributed by atoms with Crippen LogP contribution in [-0.2, 0) is 4.79 Å². The van der Waals surface area contributed by atoms with E-state index in [4.69, 9.17) is 9.47 Å². The van der Waals surface area contributed by atoms with Crippen LogP contribution in [0.1, 0.15) is 37.3 Å². The zero-order chi connectivity index (χ0) is 18.5. The molecule has 0 aliphatic heterocycles. The largest absolute Gasteiger partial charge is 0.481 e. The minimum absolute atomic E-state index is 0.124. The summed E-state index contributed by atoms with van der Waals surface area (Å²) in [5.74, 6) is 1.28. The van der Waals surface area contributed by atoms with Crippen molar-refractivity contribution in [3.8, 4) is 11.5 Å². The second-order valence-electron chi connectivity index (χ2n) is 6.57. The third kappa shape index (κ3) is 4.05. The number of carbonyl (C=O) groups excluding carboxylic acids is 1. The Hall–Kier alpha value is -2.81. The molecule has 3 heteroatoms. The third-order valence-electron chi connectivity index (χ3n) is 4.72. The van der Waals surface area contributed by atoms with Crippen molar-refractivity contribution in [2.24, 2.45) is 0 Å². The highest BCUT2D eigenvalue weighted by molar-refractivity contribution is 5.91. The highest BCUT2D eigenvalue weighted by Gasteiger charge is 2.10. The number of esters is 1. The lowest BCUT2D eigenvalue weighted by Gasteiger charge is -2.12. The zero-order valence-electron chi connectivity index (χ0n) is 15.5. The standard InChI is InChI=1S/C23H24O3/c1-4-16(2)18-9-6-10-19(14-18)26-23(24)15-25-22-13-7-11-20-17(3)8-5-12-21(20)22/h5-14,16H,4,15H2,1-3H3. The van der Waals surface area contributed by atoms with E-state index in [-0.39, 0.29) is 6.61 Å². The number of rotatable bonds is 6. The molecule has 0 aliphatic carbocycles. The monoisotopic (exact) mass is 348 g/mol. The highest BCUT2D eigenvalue weighted by atomic mass is 16.6. The van der Waals surface area contributed by atoms with E-state index in [0.717, 1.165) is 17.2 Å². The second-order valence-corrected chi connectivity index (χ2v) is 6.57. The van der Waals surface area contributed by atoms with Gasteiger partial charge in [-0.2, -0.15) is 0 Å². The van der Waals surface area contributed by atoms with Gasteiger partial charge in [-0.15, -0.1) is 0 Å². The van der Waals surface area contributed by atoms with Gasteiger partial charge >= 0.3 is 5.97 Å². The highest BCUT2D eigenvalue weighted by Crippen LogP contribution is 2.28. The maximum Gasteiger partial charge on any atom is 0.349 e. The molecule has 26 heavy (non-hydrogen) atoms. The Morgan fingerprint density at radius 3 is 2.54 bits per heavy atom. The quantitative estimate of drug-likeness (QED) is 0.427. The molecule has 0 bridgehead atoms. The second kappa shape index (κ2) is 8.05. The molecule has 0 fully saturated rings. The molecule has 0 aromatic heterocycles. The van der Waals surface area contributed by atoms with Crippen molar-refractivity contribution in [3.05, 3.63) is 71.8 Å². The van der Waals surface area contributed by atoms with Crippen molar-refractivity contribution in [1.29, 1.82) is 0 Å². The smallest absolute Gasteiger partial charge is 0.349 e. The van der Waals surface area contributed by atoms with Crippen LogP contribution >= 0.6 is 0 Å². The van der Waals surface area contributed by atoms with E-state index in [1.807, 2.05) is 36.4 Å². The van der Waals surface area contributed by atoms with E-state index >= 15 is 0 Å². The minimum Gasteiger partial charge on any atom is -0.481 e. The first-order valence-corrected chi connectivity index (χ1v) is 9.00. The molecule has 1 unspecified atom stereocenters. The fourth-order valence-corrected chi connectivity index (χ4v) is 2.98. The van der Waals surface area contributed by atoms with Gasteiger partial charge in [0.1, 0.15) is 11.5 Å². The lowest BCUT2D eigenvalue weighted by molar-refractivity contribution is -0.136. The van der Waals surface area contributed by atoms with Gasteiger partial charge in [0.25, 0.3) is 0 Å². The maximum absolute atomic E-state index is 12.2. The fraction of sp³-hybridized carbons (Fsp3) is 0.261. The molecular formula is C23H24O3. The van der Waals surface area contributed by atoms with Gasteiger partial charge in [0, 0.05) is 5.39 Å². The Labute approximate surface area is 154 Å². The summed E-state index contributed by atoms with van der Waals surface area (Å²) >= 11 is 0. The predicted octanol–water partition coefficient (Wildman–Crippen LogP) is 5.65. The molecule has 3 rings (SSSR count). The zero-order valence-corrected chi connectivity index (χ0v) is 15.5. The van der Waals surface area contributed by atoms with E-state index in [9.17, 15) is 4.79 Å².